The summed E-state index contributed by atoms with van der Waals surface area (Å²) in [4.78, 5) is 24.6. The zero-order valence-electron chi connectivity index (χ0n) is 9.68. The van der Waals surface area contributed by atoms with E-state index in [1.807, 2.05) is 0 Å². The fourth-order valence-electron chi connectivity index (χ4n) is 2.12. The van der Waals surface area contributed by atoms with Crippen molar-refractivity contribution in [3.63, 3.8) is 0 Å². The summed E-state index contributed by atoms with van der Waals surface area (Å²) >= 11 is 0. The Morgan fingerprint density at radius 1 is 1.41 bits per heavy atom. The first kappa shape index (κ1) is 11.7. The van der Waals surface area contributed by atoms with E-state index in [0.717, 1.165) is 12.8 Å². The predicted octanol–water partition coefficient (Wildman–Crippen LogP) is 1.67. The van der Waals surface area contributed by atoms with Crippen LogP contribution >= 0.6 is 0 Å². The summed E-state index contributed by atoms with van der Waals surface area (Å²) in [6.07, 6.45) is 2.20. The number of hydrogen-bond acceptors (Lipinski definition) is 3. The molecule has 2 heterocycles. The van der Waals surface area contributed by atoms with Gasteiger partial charge in [-0.25, -0.2) is 4.79 Å². The van der Waals surface area contributed by atoms with Crippen LogP contribution < -0.4 is 0 Å². The maximum atomic E-state index is 12.1. The normalized spacial score (nSPS) is 20.3. The summed E-state index contributed by atoms with van der Waals surface area (Å²) in [5.74, 6) is -0.403. The molecule has 1 saturated heterocycles. The molecule has 1 aromatic rings. The van der Waals surface area contributed by atoms with Crippen molar-refractivity contribution >= 4 is 11.9 Å². The monoisotopic (exact) mass is 237 g/mol. The number of likely N-dealkylation sites (tertiary alicyclic amines) is 1. The van der Waals surface area contributed by atoms with Gasteiger partial charge in [0, 0.05) is 6.54 Å². The predicted molar refractivity (Wildman–Crippen MR) is 59.8 cm³/mol. The van der Waals surface area contributed by atoms with Crippen LogP contribution in [-0.4, -0.2) is 34.5 Å². The van der Waals surface area contributed by atoms with Gasteiger partial charge >= 0.3 is 5.97 Å². The van der Waals surface area contributed by atoms with Crippen LogP contribution in [0, 0.1) is 6.92 Å². The number of hydrogen-bond donors (Lipinski definition) is 1. The Morgan fingerprint density at radius 2 is 2.18 bits per heavy atom. The Labute approximate surface area is 99.0 Å². The first-order valence-electron chi connectivity index (χ1n) is 5.70. The maximum absolute atomic E-state index is 12.1. The van der Waals surface area contributed by atoms with Crippen molar-refractivity contribution in [1.29, 1.82) is 0 Å². The van der Waals surface area contributed by atoms with Crippen molar-refractivity contribution in [2.24, 2.45) is 0 Å². The Bertz CT molecular complexity index is 437. The van der Waals surface area contributed by atoms with Gasteiger partial charge < -0.3 is 14.4 Å². The van der Waals surface area contributed by atoms with Gasteiger partial charge in [0.1, 0.15) is 11.8 Å². The zero-order chi connectivity index (χ0) is 12.4. The third kappa shape index (κ3) is 2.33. The van der Waals surface area contributed by atoms with E-state index in [-0.39, 0.29) is 11.7 Å². The second-order valence-corrected chi connectivity index (χ2v) is 4.26. The van der Waals surface area contributed by atoms with E-state index in [4.69, 9.17) is 9.52 Å². The molecule has 5 nitrogen and oxygen atoms in total. The van der Waals surface area contributed by atoms with E-state index in [1.54, 1.807) is 19.1 Å². The van der Waals surface area contributed by atoms with Crippen LogP contribution in [0.2, 0.25) is 0 Å². The Morgan fingerprint density at radius 3 is 2.76 bits per heavy atom. The number of aryl methyl sites for hydroxylation is 1. The maximum Gasteiger partial charge on any atom is 0.326 e. The Hall–Kier alpha value is -1.78. The lowest BCUT2D eigenvalue weighted by Crippen LogP contribution is -2.47. The minimum Gasteiger partial charge on any atom is -0.480 e. The number of carboxylic acids is 1. The van der Waals surface area contributed by atoms with Gasteiger partial charge in [-0.2, -0.15) is 0 Å². The van der Waals surface area contributed by atoms with Gasteiger partial charge in [0.15, 0.2) is 5.76 Å². The molecule has 0 radical (unpaired) electrons. The highest BCUT2D eigenvalue weighted by Gasteiger charge is 2.33. The van der Waals surface area contributed by atoms with Crippen molar-refractivity contribution in [3.8, 4) is 0 Å². The van der Waals surface area contributed by atoms with Gasteiger partial charge in [-0.15, -0.1) is 0 Å². The van der Waals surface area contributed by atoms with Gasteiger partial charge in [0.05, 0.1) is 0 Å². The number of rotatable bonds is 2. The first-order valence-corrected chi connectivity index (χ1v) is 5.70. The molecule has 0 aromatic carbocycles. The number of aliphatic carboxylic acids is 1. The second kappa shape index (κ2) is 4.61. The molecule has 92 valence electrons. The highest BCUT2D eigenvalue weighted by molar-refractivity contribution is 5.94. The van der Waals surface area contributed by atoms with E-state index in [2.05, 4.69) is 0 Å². The van der Waals surface area contributed by atoms with Gasteiger partial charge in [-0.05, 0) is 38.3 Å². The first-order chi connectivity index (χ1) is 8.09. The molecule has 2 rings (SSSR count). The number of carbonyl (C=O) groups is 2. The highest BCUT2D eigenvalue weighted by Crippen LogP contribution is 2.20. The zero-order valence-corrected chi connectivity index (χ0v) is 9.68. The lowest BCUT2D eigenvalue weighted by Gasteiger charge is -2.32. The molecular weight excluding hydrogens is 222 g/mol. The molecule has 0 unspecified atom stereocenters. The van der Waals surface area contributed by atoms with Crippen molar-refractivity contribution < 1.29 is 19.1 Å². The van der Waals surface area contributed by atoms with Crippen molar-refractivity contribution in [2.45, 2.75) is 32.2 Å². The van der Waals surface area contributed by atoms with Gasteiger partial charge in [0.25, 0.3) is 5.91 Å². The quantitative estimate of drug-likeness (QED) is 0.849. The number of nitrogens with zero attached hydrogens (tertiary/aromatic N) is 1. The summed E-state index contributed by atoms with van der Waals surface area (Å²) in [7, 11) is 0. The molecule has 1 aliphatic heterocycles. The minimum atomic E-state index is -0.943. The van der Waals surface area contributed by atoms with Crippen LogP contribution in [0.5, 0.6) is 0 Å². The average Bonchev–Trinajstić information content (AvgIpc) is 2.75. The van der Waals surface area contributed by atoms with Gasteiger partial charge in [-0.1, -0.05) is 0 Å². The molecule has 1 fully saturated rings. The van der Waals surface area contributed by atoms with Crippen molar-refractivity contribution in [1.82, 2.24) is 4.90 Å². The highest BCUT2D eigenvalue weighted by atomic mass is 16.4. The standard InChI is InChI=1S/C12H15NO4/c1-8-5-6-10(17-8)11(14)13-7-3-2-4-9(13)12(15)16/h5-6,9H,2-4,7H2,1H3,(H,15,16)/t9-/m1/s1. The summed E-state index contributed by atoms with van der Waals surface area (Å²) in [5, 5.41) is 9.09. The molecule has 0 bridgehead atoms. The summed E-state index contributed by atoms with van der Waals surface area (Å²) in [5.41, 5.74) is 0. The van der Waals surface area contributed by atoms with E-state index >= 15 is 0 Å². The number of carbonyl (C=O) groups excluding carboxylic acids is 1. The number of piperidine rings is 1. The molecule has 0 saturated carbocycles. The van der Waals surface area contributed by atoms with Crippen LogP contribution in [0.15, 0.2) is 16.5 Å². The molecule has 17 heavy (non-hydrogen) atoms. The molecule has 0 aliphatic carbocycles. The van der Waals surface area contributed by atoms with Crippen molar-refractivity contribution in [3.05, 3.63) is 23.7 Å². The summed E-state index contributed by atoms with van der Waals surface area (Å²) in [6.45, 7) is 2.23. The molecular formula is C12H15NO4. The van der Waals surface area contributed by atoms with Crippen LogP contribution in [-0.2, 0) is 4.79 Å². The van der Waals surface area contributed by atoms with Crippen LogP contribution in [0.3, 0.4) is 0 Å². The SMILES string of the molecule is Cc1ccc(C(=O)N2CCCC[C@@H]2C(=O)O)o1. The van der Waals surface area contributed by atoms with Gasteiger partial charge in [-0.3, -0.25) is 4.79 Å². The minimum absolute atomic E-state index is 0.218. The summed E-state index contributed by atoms with van der Waals surface area (Å²) < 4.78 is 5.24. The molecule has 1 aliphatic rings. The van der Waals surface area contributed by atoms with Crippen LogP contribution in [0.25, 0.3) is 0 Å². The Balaban J connectivity index is 2.19. The molecule has 0 spiro atoms. The molecule has 1 aromatic heterocycles. The lowest BCUT2D eigenvalue weighted by atomic mass is 10.0. The van der Waals surface area contributed by atoms with Gasteiger partial charge in [0.2, 0.25) is 0 Å². The van der Waals surface area contributed by atoms with Crippen LogP contribution in [0.4, 0.5) is 0 Å². The van der Waals surface area contributed by atoms with E-state index in [0.29, 0.717) is 18.7 Å². The van der Waals surface area contributed by atoms with E-state index < -0.39 is 12.0 Å². The molecule has 5 heteroatoms. The molecule has 1 N–H and O–H groups in total. The van der Waals surface area contributed by atoms with Crippen LogP contribution in [0.1, 0.15) is 35.6 Å². The van der Waals surface area contributed by atoms with E-state index in [1.165, 1.54) is 4.90 Å². The topological polar surface area (TPSA) is 70.8 Å². The molecule has 1 amide bonds. The number of furan rings is 1. The lowest BCUT2D eigenvalue weighted by molar-refractivity contribution is -0.143. The fraction of sp³-hybridized carbons (Fsp3) is 0.500. The van der Waals surface area contributed by atoms with Crippen molar-refractivity contribution in [2.75, 3.05) is 6.54 Å². The molecule has 1 atom stereocenters. The van der Waals surface area contributed by atoms with E-state index in [9.17, 15) is 9.59 Å². The smallest absolute Gasteiger partial charge is 0.326 e. The second-order valence-electron chi connectivity index (χ2n) is 4.26. The average molecular weight is 237 g/mol. The number of carboxylic acid groups (broad SMARTS) is 1. The number of amides is 1. The third-order valence-corrected chi connectivity index (χ3v) is 3.00. The Kier molecular flexibility index (Phi) is 3.17. The fourth-order valence-corrected chi connectivity index (χ4v) is 2.12. The third-order valence-electron chi connectivity index (χ3n) is 3.00. The summed E-state index contributed by atoms with van der Waals surface area (Å²) in [6, 6.07) is 2.57. The largest absolute Gasteiger partial charge is 0.480 e.